The molecule has 1 unspecified atom stereocenters. The predicted octanol–water partition coefficient (Wildman–Crippen LogP) is 4.35. The van der Waals surface area contributed by atoms with E-state index in [2.05, 4.69) is 22.5 Å². The van der Waals surface area contributed by atoms with Crippen LogP contribution in [0.4, 0.5) is 4.79 Å². The van der Waals surface area contributed by atoms with Gasteiger partial charge in [-0.15, -0.1) is 6.58 Å². The zero-order chi connectivity index (χ0) is 20.4. The van der Waals surface area contributed by atoms with E-state index >= 15 is 0 Å². The minimum absolute atomic E-state index is 0.103. The molecule has 6 heteroatoms. The first-order valence-corrected chi connectivity index (χ1v) is 10.3. The molecule has 1 aromatic carbocycles. The smallest absolute Gasteiger partial charge is 0.497 e. The van der Waals surface area contributed by atoms with Crippen LogP contribution >= 0.6 is 0 Å². The normalized spacial score (nSPS) is 26.7. The average Bonchev–Trinajstić information content (AvgIpc) is 2.77. The molecule has 3 fully saturated rings. The van der Waals surface area contributed by atoms with Gasteiger partial charge in [0.05, 0.1) is 25.3 Å². The molecule has 3 aliphatic heterocycles. The number of hydrogen-bond donors (Lipinski definition) is 0. The summed E-state index contributed by atoms with van der Waals surface area (Å²) in [5.41, 5.74) is 1.79. The predicted molar refractivity (Wildman–Crippen MR) is 111 cm³/mol. The van der Waals surface area contributed by atoms with Gasteiger partial charge in [-0.3, -0.25) is 9.88 Å². The van der Waals surface area contributed by atoms with Crippen molar-refractivity contribution in [2.75, 3.05) is 26.8 Å². The van der Waals surface area contributed by atoms with Gasteiger partial charge in [0.25, 0.3) is 0 Å². The average molecular weight is 396 g/mol. The zero-order valence-electron chi connectivity index (χ0n) is 17.0. The molecule has 0 N–H and O–H groups in total. The van der Waals surface area contributed by atoms with Gasteiger partial charge in [0.2, 0.25) is 0 Å². The molecule has 6 nitrogen and oxygen atoms in total. The molecule has 5 rings (SSSR count). The maximum absolute atomic E-state index is 12.3. The summed E-state index contributed by atoms with van der Waals surface area (Å²) in [6, 6.07) is 7.83. The van der Waals surface area contributed by atoms with Gasteiger partial charge in [0.15, 0.2) is 0 Å². The molecule has 3 aliphatic rings. The van der Waals surface area contributed by atoms with E-state index in [4.69, 9.17) is 14.2 Å². The van der Waals surface area contributed by atoms with E-state index in [0.29, 0.717) is 11.8 Å². The van der Waals surface area contributed by atoms with E-state index in [1.165, 1.54) is 0 Å². The summed E-state index contributed by atoms with van der Waals surface area (Å²) in [5, 5.41) is 0.934. The Balaban J connectivity index is 1.75. The highest BCUT2D eigenvalue weighted by molar-refractivity contribution is 5.84. The van der Waals surface area contributed by atoms with Crippen molar-refractivity contribution < 1.29 is 19.0 Å². The zero-order valence-corrected chi connectivity index (χ0v) is 17.0. The van der Waals surface area contributed by atoms with Crippen LogP contribution in [0.15, 0.2) is 43.1 Å². The molecule has 0 aliphatic carbocycles. The van der Waals surface area contributed by atoms with Crippen LogP contribution in [-0.4, -0.2) is 48.9 Å². The van der Waals surface area contributed by atoms with Crippen molar-refractivity contribution in [2.45, 2.75) is 31.9 Å². The second-order valence-corrected chi connectivity index (χ2v) is 7.75. The summed E-state index contributed by atoms with van der Waals surface area (Å²) in [6.45, 7) is 8.04. The van der Waals surface area contributed by atoms with Crippen molar-refractivity contribution in [1.29, 1.82) is 0 Å². The van der Waals surface area contributed by atoms with Gasteiger partial charge in [-0.2, -0.15) is 0 Å². The van der Waals surface area contributed by atoms with E-state index in [-0.39, 0.29) is 12.6 Å². The van der Waals surface area contributed by atoms with Crippen LogP contribution in [-0.2, 0) is 9.47 Å². The number of aromatic nitrogens is 1. The Bertz CT molecular complexity index is 900. The Labute approximate surface area is 171 Å². The highest BCUT2D eigenvalue weighted by Crippen LogP contribution is 2.43. The van der Waals surface area contributed by atoms with Crippen LogP contribution in [0.3, 0.4) is 0 Å². The van der Waals surface area contributed by atoms with Gasteiger partial charge in [0.1, 0.15) is 11.9 Å². The SMILES string of the molecule is C=C[C@@H]1CN2CC[C@@H]1C[C@@H]2[C@@H](OC(=O)OCC)c1ccnc2ccc(OC)cc12. The molecular weight excluding hydrogens is 368 g/mol. The summed E-state index contributed by atoms with van der Waals surface area (Å²) < 4.78 is 16.5. The van der Waals surface area contributed by atoms with Gasteiger partial charge in [-0.05, 0) is 62.4 Å². The Morgan fingerprint density at radius 3 is 2.97 bits per heavy atom. The second kappa shape index (κ2) is 8.41. The largest absolute Gasteiger partial charge is 0.508 e. The van der Waals surface area contributed by atoms with Gasteiger partial charge in [-0.1, -0.05) is 6.08 Å². The highest BCUT2D eigenvalue weighted by Gasteiger charge is 2.44. The van der Waals surface area contributed by atoms with Crippen LogP contribution in [0.25, 0.3) is 10.9 Å². The Morgan fingerprint density at radius 1 is 1.41 bits per heavy atom. The summed E-state index contributed by atoms with van der Waals surface area (Å²) in [7, 11) is 1.64. The maximum Gasteiger partial charge on any atom is 0.508 e. The van der Waals surface area contributed by atoms with E-state index < -0.39 is 12.3 Å². The molecule has 2 bridgehead atoms. The van der Waals surface area contributed by atoms with E-state index in [0.717, 1.165) is 48.1 Å². The first-order valence-electron chi connectivity index (χ1n) is 10.3. The lowest BCUT2D eigenvalue weighted by Crippen LogP contribution is -2.55. The highest BCUT2D eigenvalue weighted by atomic mass is 16.7. The minimum atomic E-state index is -0.631. The van der Waals surface area contributed by atoms with E-state index in [9.17, 15) is 4.79 Å². The summed E-state index contributed by atoms with van der Waals surface area (Å²) in [4.78, 5) is 19.2. The molecule has 3 saturated heterocycles. The molecule has 0 saturated carbocycles. The Morgan fingerprint density at radius 2 is 2.28 bits per heavy atom. The van der Waals surface area contributed by atoms with Crippen molar-refractivity contribution in [2.24, 2.45) is 11.8 Å². The number of hydrogen-bond acceptors (Lipinski definition) is 6. The fraction of sp³-hybridized carbons (Fsp3) is 0.478. The Kier molecular flexibility index (Phi) is 5.72. The third-order valence-electron chi connectivity index (χ3n) is 6.28. The fourth-order valence-electron chi connectivity index (χ4n) is 4.82. The van der Waals surface area contributed by atoms with Crippen molar-refractivity contribution in [3.05, 3.63) is 48.7 Å². The molecule has 0 spiro atoms. The lowest BCUT2D eigenvalue weighted by atomic mass is 9.73. The summed E-state index contributed by atoms with van der Waals surface area (Å²) in [6.07, 6.45) is 4.91. The number of carbonyl (C=O) groups excluding carboxylic acids is 1. The van der Waals surface area contributed by atoms with Gasteiger partial charge < -0.3 is 14.2 Å². The van der Waals surface area contributed by atoms with Crippen molar-refractivity contribution in [3.63, 3.8) is 0 Å². The number of methoxy groups -OCH3 is 1. The molecule has 2 aromatic rings. The summed E-state index contributed by atoms with van der Waals surface area (Å²) in [5.74, 6) is 1.81. The van der Waals surface area contributed by atoms with Crippen LogP contribution in [0.1, 0.15) is 31.4 Å². The number of benzene rings is 1. The molecule has 154 valence electrons. The first kappa shape index (κ1) is 19.7. The third kappa shape index (κ3) is 3.81. The van der Waals surface area contributed by atoms with Gasteiger partial charge in [0, 0.05) is 23.7 Å². The number of nitrogens with zero attached hydrogens (tertiary/aromatic N) is 2. The second-order valence-electron chi connectivity index (χ2n) is 7.75. The van der Waals surface area contributed by atoms with E-state index in [1.807, 2.05) is 24.3 Å². The Hall–Kier alpha value is -2.60. The molecule has 5 atom stereocenters. The van der Waals surface area contributed by atoms with Crippen LogP contribution in [0.5, 0.6) is 5.75 Å². The lowest BCUT2D eigenvalue weighted by molar-refractivity contribution is -0.0652. The third-order valence-corrected chi connectivity index (χ3v) is 6.28. The van der Waals surface area contributed by atoms with Crippen LogP contribution < -0.4 is 4.74 Å². The number of fused-ring (bicyclic) bond motifs is 4. The monoisotopic (exact) mass is 396 g/mol. The number of piperidine rings is 3. The molecule has 1 aromatic heterocycles. The van der Waals surface area contributed by atoms with Crippen LogP contribution in [0, 0.1) is 11.8 Å². The lowest BCUT2D eigenvalue weighted by Gasteiger charge is -2.51. The molecular formula is C23H28N2O4. The fourth-order valence-corrected chi connectivity index (χ4v) is 4.82. The van der Waals surface area contributed by atoms with E-state index in [1.54, 1.807) is 20.2 Å². The van der Waals surface area contributed by atoms with Crippen molar-refractivity contribution >= 4 is 17.1 Å². The minimum Gasteiger partial charge on any atom is -0.497 e. The summed E-state index contributed by atoms with van der Waals surface area (Å²) >= 11 is 0. The van der Waals surface area contributed by atoms with Crippen molar-refractivity contribution in [3.8, 4) is 5.75 Å². The molecule has 0 radical (unpaired) electrons. The topological polar surface area (TPSA) is 60.9 Å². The van der Waals surface area contributed by atoms with Gasteiger partial charge in [-0.25, -0.2) is 4.79 Å². The molecule has 4 heterocycles. The molecule has 0 amide bonds. The first-order chi connectivity index (χ1) is 14.1. The van der Waals surface area contributed by atoms with Gasteiger partial charge >= 0.3 is 6.16 Å². The molecule has 29 heavy (non-hydrogen) atoms. The number of pyridine rings is 1. The van der Waals surface area contributed by atoms with Crippen LogP contribution in [0.2, 0.25) is 0 Å². The number of ether oxygens (including phenoxy) is 3. The number of rotatable bonds is 6. The quantitative estimate of drug-likeness (QED) is 0.534. The standard InChI is InChI=1S/C23H28N2O4/c1-4-15-14-25-11-9-16(15)12-21(25)22(29-23(26)28-5-2)18-8-10-24-20-7-6-17(27-3)13-19(18)20/h4,6-8,10,13,15-16,21-22H,1,5,9,11-12,14H2,2-3H3/t15-,16-,21-,22+/m1/s1. The maximum atomic E-state index is 12.3. The number of carbonyl (C=O) groups is 1. The van der Waals surface area contributed by atoms with Crippen molar-refractivity contribution in [1.82, 2.24) is 9.88 Å².